The standard InChI is InChI=1S/C24H24N2O4S/c27-21(25-12-13-5-2-1-3-6-13)20-16-7-4-8-17(16)31-23(20)26-22(28)18-14-9-10-15(11-14)19(18)24(29)30/h1-3,5-6,9-10,14-15,18-19H,4,7-8,11-12H2,(H,25,27)(H,26,28)(H,29,30)/t14-,15-,18-,19+/m0/s1. The Morgan fingerprint density at radius 3 is 2.52 bits per heavy atom. The largest absolute Gasteiger partial charge is 0.481 e. The van der Waals surface area contributed by atoms with Crippen molar-refractivity contribution in [1.29, 1.82) is 0 Å². The molecule has 2 amide bonds. The molecule has 160 valence electrons. The van der Waals surface area contributed by atoms with E-state index in [1.165, 1.54) is 11.3 Å². The number of carbonyl (C=O) groups excluding carboxylic acids is 2. The number of aryl methyl sites for hydroxylation is 1. The summed E-state index contributed by atoms with van der Waals surface area (Å²) in [6.45, 7) is 0.413. The number of amides is 2. The second-order valence-corrected chi connectivity index (χ2v) is 9.66. The van der Waals surface area contributed by atoms with Gasteiger partial charge in [-0.05, 0) is 48.6 Å². The van der Waals surface area contributed by atoms with Crippen LogP contribution in [0.1, 0.15) is 39.2 Å². The first-order chi connectivity index (χ1) is 15.0. The Balaban J connectivity index is 1.37. The van der Waals surface area contributed by atoms with Crippen molar-refractivity contribution in [2.24, 2.45) is 23.7 Å². The molecule has 1 heterocycles. The lowest BCUT2D eigenvalue weighted by Gasteiger charge is -2.23. The number of aliphatic carboxylic acids is 1. The Bertz CT molecular complexity index is 1070. The first kappa shape index (κ1) is 20.0. The van der Waals surface area contributed by atoms with E-state index in [1.807, 2.05) is 42.5 Å². The van der Waals surface area contributed by atoms with E-state index in [-0.39, 0.29) is 23.7 Å². The summed E-state index contributed by atoms with van der Waals surface area (Å²) >= 11 is 1.46. The van der Waals surface area contributed by atoms with Crippen LogP contribution in [0.25, 0.3) is 0 Å². The summed E-state index contributed by atoms with van der Waals surface area (Å²) < 4.78 is 0. The van der Waals surface area contributed by atoms with Crippen LogP contribution in [0, 0.1) is 23.7 Å². The summed E-state index contributed by atoms with van der Waals surface area (Å²) in [6, 6.07) is 9.70. The molecule has 2 bridgehead atoms. The Morgan fingerprint density at radius 2 is 1.77 bits per heavy atom. The number of hydrogen-bond donors (Lipinski definition) is 3. The Morgan fingerprint density at radius 1 is 1.03 bits per heavy atom. The van der Waals surface area contributed by atoms with E-state index in [0.717, 1.165) is 35.3 Å². The molecule has 3 aliphatic rings. The van der Waals surface area contributed by atoms with Crippen LogP contribution in [0.3, 0.4) is 0 Å². The monoisotopic (exact) mass is 436 g/mol. The summed E-state index contributed by atoms with van der Waals surface area (Å²) in [7, 11) is 0. The van der Waals surface area contributed by atoms with Crippen LogP contribution in [0.4, 0.5) is 5.00 Å². The molecule has 1 fully saturated rings. The van der Waals surface area contributed by atoms with Crippen LogP contribution < -0.4 is 10.6 Å². The number of fused-ring (bicyclic) bond motifs is 3. The molecular weight excluding hydrogens is 412 g/mol. The van der Waals surface area contributed by atoms with Crippen LogP contribution in [0.5, 0.6) is 0 Å². The molecule has 0 unspecified atom stereocenters. The number of hydrogen-bond acceptors (Lipinski definition) is 4. The van der Waals surface area contributed by atoms with Gasteiger partial charge in [0.25, 0.3) is 5.91 Å². The van der Waals surface area contributed by atoms with Gasteiger partial charge in [0.15, 0.2) is 0 Å². The lowest BCUT2D eigenvalue weighted by molar-refractivity contribution is -0.146. The summed E-state index contributed by atoms with van der Waals surface area (Å²) in [4.78, 5) is 39.2. The normalized spacial score (nSPS) is 25.4. The van der Waals surface area contributed by atoms with E-state index < -0.39 is 17.8 Å². The molecule has 1 aromatic heterocycles. The molecule has 5 rings (SSSR count). The fourth-order valence-corrected chi connectivity index (χ4v) is 6.60. The van der Waals surface area contributed by atoms with Crippen molar-refractivity contribution < 1.29 is 19.5 Å². The Labute approximate surface area is 184 Å². The zero-order valence-corrected chi connectivity index (χ0v) is 17.8. The van der Waals surface area contributed by atoms with Crippen molar-refractivity contribution >= 4 is 34.1 Å². The fraction of sp³-hybridized carbons (Fsp3) is 0.375. The second-order valence-electron chi connectivity index (χ2n) is 8.56. The maximum absolute atomic E-state index is 13.2. The van der Waals surface area contributed by atoms with Crippen molar-refractivity contribution in [2.45, 2.75) is 32.2 Å². The van der Waals surface area contributed by atoms with Crippen LogP contribution >= 0.6 is 11.3 Å². The number of thiophene rings is 1. The third-order valence-corrected chi connectivity index (χ3v) is 7.94. The molecular formula is C24H24N2O4S. The first-order valence-corrected chi connectivity index (χ1v) is 11.5. The molecule has 0 saturated heterocycles. The lowest BCUT2D eigenvalue weighted by Crippen LogP contribution is -2.36. The van der Waals surface area contributed by atoms with E-state index in [0.29, 0.717) is 23.5 Å². The van der Waals surface area contributed by atoms with Gasteiger partial charge < -0.3 is 15.7 Å². The van der Waals surface area contributed by atoms with Gasteiger partial charge in [-0.2, -0.15) is 0 Å². The highest BCUT2D eigenvalue weighted by molar-refractivity contribution is 7.17. The number of allylic oxidation sites excluding steroid dienone is 2. The molecule has 6 nitrogen and oxygen atoms in total. The lowest BCUT2D eigenvalue weighted by atomic mass is 9.82. The van der Waals surface area contributed by atoms with Crippen molar-refractivity contribution in [3.8, 4) is 0 Å². The molecule has 1 saturated carbocycles. The summed E-state index contributed by atoms with van der Waals surface area (Å²) in [6.07, 6.45) is 7.34. The van der Waals surface area contributed by atoms with Crippen LogP contribution in [0.15, 0.2) is 42.5 Å². The number of anilines is 1. The third kappa shape index (κ3) is 3.57. The molecule has 0 radical (unpaired) electrons. The van der Waals surface area contributed by atoms with Gasteiger partial charge in [-0.25, -0.2) is 0 Å². The van der Waals surface area contributed by atoms with Gasteiger partial charge in [-0.1, -0.05) is 42.5 Å². The Hall–Kier alpha value is -2.93. The topological polar surface area (TPSA) is 95.5 Å². The second kappa shape index (κ2) is 7.96. The van der Waals surface area contributed by atoms with Crippen molar-refractivity contribution in [3.63, 3.8) is 0 Å². The molecule has 1 aromatic carbocycles. The van der Waals surface area contributed by atoms with E-state index in [4.69, 9.17) is 0 Å². The highest BCUT2D eigenvalue weighted by Gasteiger charge is 2.51. The van der Waals surface area contributed by atoms with Crippen molar-refractivity contribution in [2.75, 3.05) is 5.32 Å². The summed E-state index contributed by atoms with van der Waals surface area (Å²) in [5.41, 5.74) is 2.58. The van der Waals surface area contributed by atoms with Crippen molar-refractivity contribution in [1.82, 2.24) is 5.32 Å². The predicted molar refractivity (Wildman–Crippen MR) is 118 cm³/mol. The zero-order valence-electron chi connectivity index (χ0n) is 17.0. The van der Waals surface area contributed by atoms with Gasteiger partial charge >= 0.3 is 5.97 Å². The van der Waals surface area contributed by atoms with E-state index in [1.54, 1.807) is 0 Å². The van der Waals surface area contributed by atoms with Crippen molar-refractivity contribution in [3.05, 3.63) is 64.1 Å². The van der Waals surface area contributed by atoms with Gasteiger partial charge in [0.2, 0.25) is 5.91 Å². The summed E-state index contributed by atoms with van der Waals surface area (Å²) in [5.74, 6) is -2.83. The molecule has 31 heavy (non-hydrogen) atoms. The zero-order chi connectivity index (χ0) is 21.5. The smallest absolute Gasteiger partial charge is 0.307 e. The van der Waals surface area contributed by atoms with Crippen LogP contribution in [-0.2, 0) is 29.0 Å². The predicted octanol–water partition coefficient (Wildman–Crippen LogP) is 3.63. The maximum Gasteiger partial charge on any atom is 0.307 e. The van der Waals surface area contributed by atoms with Crippen LogP contribution in [0.2, 0.25) is 0 Å². The highest BCUT2D eigenvalue weighted by Crippen LogP contribution is 2.49. The minimum Gasteiger partial charge on any atom is -0.481 e. The summed E-state index contributed by atoms with van der Waals surface area (Å²) in [5, 5.41) is 16.1. The molecule has 3 N–H and O–H groups in total. The van der Waals surface area contributed by atoms with Gasteiger partial charge in [-0.3, -0.25) is 14.4 Å². The van der Waals surface area contributed by atoms with Gasteiger partial charge in [0, 0.05) is 11.4 Å². The van der Waals surface area contributed by atoms with Gasteiger partial charge in [-0.15, -0.1) is 11.3 Å². The van der Waals surface area contributed by atoms with E-state index in [9.17, 15) is 19.5 Å². The van der Waals surface area contributed by atoms with Crippen LogP contribution in [-0.4, -0.2) is 22.9 Å². The number of nitrogens with one attached hydrogen (secondary N) is 2. The quantitative estimate of drug-likeness (QED) is 0.603. The van der Waals surface area contributed by atoms with Gasteiger partial charge in [0.1, 0.15) is 5.00 Å². The number of carboxylic acids is 1. The maximum atomic E-state index is 13.2. The molecule has 4 atom stereocenters. The Kier molecular flexibility index (Phi) is 5.14. The minimum absolute atomic E-state index is 0.0479. The SMILES string of the molecule is O=C(NCc1ccccc1)c1c(NC(=O)[C@@H]2[C@H](C(=O)O)[C@H]3C=C[C@H]2C3)sc2c1CCC2. The number of benzene rings is 1. The number of carbonyl (C=O) groups is 3. The van der Waals surface area contributed by atoms with E-state index in [2.05, 4.69) is 10.6 Å². The fourth-order valence-electron chi connectivity index (χ4n) is 5.31. The first-order valence-electron chi connectivity index (χ1n) is 10.7. The molecule has 0 aliphatic heterocycles. The molecule has 3 aliphatic carbocycles. The number of rotatable bonds is 6. The van der Waals surface area contributed by atoms with Gasteiger partial charge in [0.05, 0.1) is 17.4 Å². The average Bonchev–Trinajstić information content (AvgIpc) is 3.52. The molecule has 7 heteroatoms. The van der Waals surface area contributed by atoms with E-state index >= 15 is 0 Å². The molecule has 2 aromatic rings. The number of carboxylic acid groups (broad SMARTS) is 1. The molecule has 0 spiro atoms. The minimum atomic E-state index is -0.925. The highest BCUT2D eigenvalue weighted by atomic mass is 32.1. The average molecular weight is 437 g/mol. The third-order valence-electron chi connectivity index (χ3n) is 6.73.